The molecule has 0 unspecified atom stereocenters. The minimum Gasteiger partial charge on any atom is -0.496 e. The molecule has 122 valence electrons. The van der Waals surface area contributed by atoms with Gasteiger partial charge >= 0.3 is 0 Å². The van der Waals surface area contributed by atoms with E-state index in [-0.39, 0.29) is 5.91 Å². The number of amides is 1. The first-order chi connectivity index (χ1) is 11.7. The summed E-state index contributed by atoms with van der Waals surface area (Å²) in [7, 11) is 1.60. The average molecular weight is 340 g/mol. The molecular weight excluding hydrogens is 324 g/mol. The van der Waals surface area contributed by atoms with Crippen molar-refractivity contribution in [3.05, 3.63) is 58.4 Å². The highest BCUT2D eigenvalue weighted by molar-refractivity contribution is 7.12. The van der Waals surface area contributed by atoms with Crippen LogP contribution in [0.3, 0.4) is 0 Å². The lowest BCUT2D eigenvalue weighted by Crippen LogP contribution is -2.19. The van der Waals surface area contributed by atoms with Crippen molar-refractivity contribution in [2.45, 2.75) is 6.92 Å². The van der Waals surface area contributed by atoms with Crippen molar-refractivity contribution in [1.29, 1.82) is 0 Å². The van der Waals surface area contributed by atoms with Gasteiger partial charge in [-0.15, -0.1) is 11.3 Å². The van der Waals surface area contributed by atoms with E-state index in [0.717, 1.165) is 16.2 Å². The van der Waals surface area contributed by atoms with E-state index in [1.165, 1.54) is 0 Å². The number of para-hydroxylation sites is 1. The maximum atomic E-state index is 12.2. The van der Waals surface area contributed by atoms with Crippen molar-refractivity contribution in [2.24, 2.45) is 5.10 Å². The van der Waals surface area contributed by atoms with Gasteiger partial charge in [0.1, 0.15) is 11.4 Å². The van der Waals surface area contributed by atoms with Crippen molar-refractivity contribution in [1.82, 2.24) is 15.6 Å². The van der Waals surface area contributed by atoms with E-state index < -0.39 is 0 Å². The molecule has 3 aromatic rings. The number of thiophene rings is 1. The Hall–Kier alpha value is -2.93. The maximum absolute atomic E-state index is 12.2. The molecule has 2 N–H and O–H groups in total. The zero-order chi connectivity index (χ0) is 16.9. The molecule has 0 saturated heterocycles. The summed E-state index contributed by atoms with van der Waals surface area (Å²) in [5.41, 5.74) is 5.07. The van der Waals surface area contributed by atoms with Gasteiger partial charge in [-0.05, 0) is 36.6 Å². The third-order valence-electron chi connectivity index (χ3n) is 3.41. The van der Waals surface area contributed by atoms with E-state index in [4.69, 9.17) is 4.74 Å². The molecule has 24 heavy (non-hydrogen) atoms. The molecule has 0 fully saturated rings. The highest BCUT2D eigenvalue weighted by Crippen LogP contribution is 2.28. The summed E-state index contributed by atoms with van der Waals surface area (Å²) >= 11 is 1.57. The molecule has 7 heteroatoms. The number of carbonyl (C=O) groups excluding carboxylic acids is 1. The molecule has 0 aliphatic heterocycles. The number of carbonyl (C=O) groups is 1. The summed E-state index contributed by atoms with van der Waals surface area (Å²) in [6.07, 6.45) is 0. The number of ether oxygens (including phenoxy) is 1. The van der Waals surface area contributed by atoms with Crippen molar-refractivity contribution in [3.63, 3.8) is 0 Å². The third-order valence-corrected chi connectivity index (χ3v) is 4.39. The quantitative estimate of drug-likeness (QED) is 0.552. The number of nitrogens with one attached hydrogen (secondary N) is 2. The van der Waals surface area contributed by atoms with Crippen LogP contribution in [0.25, 0.3) is 11.3 Å². The number of methoxy groups -OCH3 is 1. The largest absolute Gasteiger partial charge is 0.496 e. The minimum absolute atomic E-state index is 0.332. The van der Waals surface area contributed by atoms with Gasteiger partial charge in [0.15, 0.2) is 0 Å². The zero-order valence-corrected chi connectivity index (χ0v) is 14.1. The smallest absolute Gasteiger partial charge is 0.289 e. The fourth-order valence-corrected chi connectivity index (χ4v) is 2.84. The lowest BCUT2D eigenvalue weighted by atomic mass is 10.1. The number of aromatic amines is 1. The van der Waals surface area contributed by atoms with E-state index in [2.05, 4.69) is 20.7 Å². The predicted molar refractivity (Wildman–Crippen MR) is 94.6 cm³/mol. The first-order valence-corrected chi connectivity index (χ1v) is 8.14. The molecule has 6 nitrogen and oxygen atoms in total. The Kier molecular flexibility index (Phi) is 4.72. The number of hydrogen-bond donors (Lipinski definition) is 2. The Morgan fingerprint density at radius 2 is 2.12 bits per heavy atom. The normalized spacial score (nSPS) is 11.3. The molecule has 0 aliphatic rings. The Morgan fingerprint density at radius 1 is 1.29 bits per heavy atom. The van der Waals surface area contributed by atoms with Crippen molar-refractivity contribution < 1.29 is 9.53 Å². The van der Waals surface area contributed by atoms with E-state index in [0.29, 0.717) is 17.1 Å². The molecule has 0 spiro atoms. The van der Waals surface area contributed by atoms with Crippen molar-refractivity contribution in [2.75, 3.05) is 7.11 Å². The van der Waals surface area contributed by atoms with Crippen LogP contribution in [0, 0.1) is 0 Å². The van der Waals surface area contributed by atoms with Gasteiger partial charge in [0.25, 0.3) is 5.91 Å². The van der Waals surface area contributed by atoms with Crippen molar-refractivity contribution in [3.8, 4) is 17.0 Å². The minimum atomic E-state index is -0.348. The van der Waals surface area contributed by atoms with Gasteiger partial charge in [0.05, 0.1) is 18.5 Å². The van der Waals surface area contributed by atoms with Gasteiger partial charge in [0.2, 0.25) is 0 Å². The topological polar surface area (TPSA) is 79.4 Å². The van der Waals surface area contributed by atoms with Crippen LogP contribution in [0.5, 0.6) is 5.75 Å². The zero-order valence-electron chi connectivity index (χ0n) is 13.2. The number of benzene rings is 1. The lowest BCUT2D eigenvalue weighted by molar-refractivity contribution is 0.0950. The van der Waals surface area contributed by atoms with E-state index >= 15 is 0 Å². The standard InChI is InChI=1S/C17H16N4O2S/c1-11(16-8-5-9-24-16)18-21-17(22)14-10-13(19-20-14)12-6-3-4-7-15(12)23-2/h3-10H,1-2H3,(H,19,20)(H,21,22)/b18-11+. The first kappa shape index (κ1) is 15.9. The van der Waals surface area contributed by atoms with Gasteiger partial charge in [-0.1, -0.05) is 18.2 Å². The molecule has 1 amide bonds. The van der Waals surface area contributed by atoms with Crippen LogP contribution < -0.4 is 10.2 Å². The first-order valence-electron chi connectivity index (χ1n) is 7.26. The van der Waals surface area contributed by atoms with Gasteiger partial charge in [-0.2, -0.15) is 10.2 Å². The highest BCUT2D eigenvalue weighted by atomic mass is 32.1. The van der Waals surface area contributed by atoms with Gasteiger partial charge in [-0.3, -0.25) is 9.89 Å². The van der Waals surface area contributed by atoms with Crippen LogP contribution in [0.1, 0.15) is 22.3 Å². The van der Waals surface area contributed by atoms with Crippen molar-refractivity contribution >= 4 is 23.0 Å². The van der Waals surface area contributed by atoms with Gasteiger partial charge in [0, 0.05) is 10.4 Å². The molecule has 2 aromatic heterocycles. The molecule has 0 radical (unpaired) electrons. The predicted octanol–water partition coefficient (Wildman–Crippen LogP) is 3.30. The molecule has 3 rings (SSSR count). The number of rotatable bonds is 5. The van der Waals surface area contributed by atoms with Crippen LogP contribution in [-0.2, 0) is 0 Å². The van der Waals surface area contributed by atoms with Crippen LogP contribution in [0.15, 0.2) is 52.9 Å². The number of nitrogens with zero attached hydrogens (tertiary/aromatic N) is 2. The van der Waals surface area contributed by atoms with E-state index in [1.807, 2.05) is 48.7 Å². The highest BCUT2D eigenvalue weighted by Gasteiger charge is 2.13. The monoisotopic (exact) mass is 340 g/mol. The van der Waals surface area contributed by atoms with Crippen LogP contribution in [-0.4, -0.2) is 28.9 Å². The molecule has 1 aromatic carbocycles. The summed E-state index contributed by atoms with van der Waals surface area (Å²) in [6, 6.07) is 13.1. The third kappa shape index (κ3) is 3.36. The molecule has 0 atom stereocenters. The molecule has 0 aliphatic carbocycles. The SMILES string of the molecule is COc1ccccc1-c1cc(C(=O)N/N=C(\C)c2cccs2)[nH]n1. The number of hydrogen-bond acceptors (Lipinski definition) is 5. The summed E-state index contributed by atoms with van der Waals surface area (Å²) < 4.78 is 5.31. The summed E-state index contributed by atoms with van der Waals surface area (Å²) in [5.74, 6) is 0.349. The molecule has 0 saturated carbocycles. The van der Waals surface area contributed by atoms with Crippen LogP contribution in [0.4, 0.5) is 0 Å². The van der Waals surface area contributed by atoms with E-state index in [1.54, 1.807) is 24.5 Å². The fraction of sp³-hybridized carbons (Fsp3) is 0.118. The van der Waals surface area contributed by atoms with Gasteiger partial charge in [-0.25, -0.2) is 5.43 Å². The summed E-state index contributed by atoms with van der Waals surface area (Å²) in [4.78, 5) is 13.2. The molecule has 2 heterocycles. The molecule has 0 bridgehead atoms. The van der Waals surface area contributed by atoms with Crippen LogP contribution >= 0.6 is 11.3 Å². The van der Waals surface area contributed by atoms with E-state index in [9.17, 15) is 4.79 Å². The number of hydrazone groups is 1. The summed E-state index contributed by atoms with van der Waals surface area (Å²) in [5, 5.41) is 13.0. The van der Waals surface area contributed by atoms with Crippen LogP contribution in [0.2, 0.25) is 0 Å². The Bertz CT molecular complexity index is 868. The molecular formula is C17H16N4O2S. The number of aromatic nitrogens is 2. The fourth-order valence-electron chi connectivity index (χ4n) is 2.17. The Labute approximate surface area is 143 Å². The average Bonchev–Trinajstić information content (AvgIpc) is 3.30. The summed E-state index contributed by atoms with van der Waals surface area (Å²) in [6.45, 7) is 1.85. The van der Waals surface area contributed by atoms with Gasteiger partial charge < -0.3 is 4.74 Å². The Balaban J connectivity index is 1.76. The second-order valence-electron chi connectivity index (χ2n) is 4.98. The number of H-pyrrole nitrogens is 1. The second-order valence-corrected chi connectivity index (χ2v) is 5.93. The second kappa shape index (κ2) is 7.10. The lowest BCUT2D eigenvalue weighted by Gasteiger charge is -2.04. The Morgan fingerprint density at radius 3 is 2.88 bits per heavy atom. The maximum Gasteiger partial charge on any atom is 0.289 e.